The summed E-state index contributed by atoms with van der Waals surface area (Å²) >= 11 is 6.08. The molecule has 1 atom stereocenters. The quantitative estimate of drug-likeness (QED) is 0.633. The van der Waals surface area contributed by atoms with Crippen molar-refractivity contribution in [3.05, 3.63) is 35.5 Å². The summed E-state index contributed by atoms with van der Waals surface area (Å²) in [6.07, 6.45) is 1.65. The molecule has 174 valence electrons. The van der Waals surface area contributed by atoms with E-state index in [1.165, 1.54) is 26.2 Å². The summed E-state index contributed by atoms with van der Waals surface area (Å²) in [5, 5.41) is 2.90. The minimum Gasteiger partial charge on any atom is -0.481 e. The average molecular weight is 483 g/mol. The Kier molecular flexibility index (Phi) is 7.55. The molecule has 1 amide bonds. The van der Waals surface area contributed by atoms with E-state index in [1.54, 1.807) is 25.4 Å². The SMILES string of the molecule is COc1ccnc(N2CCN([C@H](C)C(=O)Nc3ccc(Cl)c(S(=O)(=O)N(C)C)c3)CC2)n1. The van der Waals surface area contributed by atoms with Gasteiger partial charge in [0.2, 0.25) is 27.8 Å². The van der Waals surface area contributed by atoms with Crippen molar-refractivity contribution in [2.75, 3.05) is 57.6 Å². The highest BCUT2D eigenvalue weighted by Gasteiger charge is 2.27. The van der Waals surface area contributed by atoms with Crippen LogP contribution in [0.15, 0.2) is 35.4 Å². The maximum absolute atomic E-state index is 12.8. The lowest BCUT2D eigenvalue weighted by atomic mass is 10.2. The number of nitrogens with zero attached hydrogens (tertiary/aromatic N) is 5. The molecule has 1 N–H and O–H groups in total. The van der Waals surface area contributed by atoms with Crippen LogP contribution in [-0.2, 0) is 14.8 Å². The summed E-state index contributed by atoms with van der Waals surface area (Å²) in [6.45, 7) is 4.44. The normalized spacial score (nSPS) is 16.1. The van der Waals surface area contributed by atoms with Crippen molar-refractivity contribution in [3.63, 3.8) is 0 Å². The van der Waals surface area contributed by atoms with Crippen LogP contribution in [0.4, 0.5) is 11.6 Å². The van der Waals surface area contributed by atoms with Crippen LogP contribution >= 0.6 is 11.6 Å². The summed E-state index contributed by atoms with van der Waals surface area (Å²) in [5.41, 5.74) is 0.370. The Labute approximate surface area is 193 Å². The number of aromatic nitrogens is 2. The van der Waals surface area contributed by atoms with Crippen LogP contribution in [-0.4, -0.2) is 86.9 Å². The zero-order valence-corrected chi connectivity index (χ0v) is 20.0. The van der Waals surface area contributed by atoms with E-state index in [2.05, 4.69) is 20.2 Å². The smallest absolute Gasteiger partial charge is 0.244 e. The van der Waals surface area contributed by atoms with Crippen LogP contribution in [0.3, 0.4) is 0 Å². The Morgan fingerprint density at radius 3 is 2.53 bits per heavy atom. The van der Waals surface area contributed by atoms with E-state index in [1.807, 2.05) is 11.8 Å². The summed E-state index contributed by atoms with van der Waals surface area (Å²) < 4.78 is 31.1. The number of halogens is 1. The number of piperazine rings is 1. The Morgan fingerprint density at radius 2 is 1.91 bits per heavy atom. The molecule has 10 nitrogen and oxygen atoms in total. The number of ether oxygens (including phenoxy) is 1. The third-order valence-corrected chi connectivity index (χ3v) is 7.60. The molecule has 1 aromatic carbocycles. The van der Waals surface area contributed by atoms with Crippen molar-refractivity contribution in [2.24, 2.45) is 0 Å². The maximum atomic E-state index is 12.8. The van der Waals surface area contributed by atoms with Crippen LogP contribution in [0, 0.1) is 0 Å². The number of hydrogen-bond acceptors (Lipinski definition) is 8. The van der Waals surface area contributed by atoms with E-state index in [-0.39, 0.29) is 15.8 Å². The highest BCUT2D eigenvalue weighted by Crippen LogP contribution is 2.27. The van der Waals surface area contributed by atoms with Gasteiger partial charge in [-0.15, -0.1) is 0 Å². The van der Waals surface area contributed by atoms with Gasteiger partial charge in [-0.2, -0.15) is 4.98 Å². The Morgan fingerprint density at radius 1 is 1.22 bits per heavy atom. The molecule has 32 heavy (non-hydrogen) atoms. The van der Waals surface area contributed by atoms with Crippen LogP contribution in [0.5, 0.6) is 5.88 Å². The second kappa shape index (κ2) is 9.99. The van der Waals surface area contributed by atoms with Gasteiger partial charge in [0.15, 0.2) is 0 Å². The largest absolute Gasteiger partial charge is 0.481 e. The van der Waals surface area contributed by atoms with Gasteiger partial charge in [-0.05, 0) is 25.1 Å². The number of carbonyl (C=O) groups is 1. The van der Waals surface area contributed by atoms with Crippen molar-refractivity contribution in [1.82, 2.24) is 19.2 Å². The molecule has 1 aromatic heterocycles. The molecule has 1 saturated heterocycles. The van der Waals surface area contributed by atoms with E-state index in [9.17, 15) is 13.2 Å². The van der Waals surface area contributed by atoms with Gasteiger partial charge in [-0.3, -0.25) is 9.69 Å². The maximum Gasteiger partial charge on any atom is 0.244 e. The first-order chi connectivity index (χ1) is 15.1. The van der Waals surface area contributed by atoms with Crippen molar-refractivity contribution in [1.29, 1.82) is 0 Å². The number of benzene rings is 1. The van der Waals surface area contributed by atoms with Gasteiger partial charge < -0.3 is 15.0 Å². The molecule has 2 heterocycles. The number of carbonyl (C=O) groups excluding carboxylic acids is 1. The summed E-state index contributed by atoms with van der Waals surface area (Å²) in [5.74, 6) is 0.868. The van der Waals surface area contributed by atoms with Gasteiger partial charge >= 0.3 is 0 Å². The number of anilines is 2. The molecular formula is C20H27ClN6O4S. The second-order valence-corrected chi connectivity index (χ2v) is 10.0. The Hall–Kier alpha value is -2.47. The molecule has 0 unspecified atom stereocenters. The molecule has 12 heteroatoms. The Balaban J connectivity index is 1.63. The lowest BCUT2D eigenvalue weighted by Crippen LogP contribution is -2.53. The number of methoxy groups -OCH3 is 1. The zero-order chi connectivity index (χ0) is 23.5. The number of amides is 1. The van der Waals surface area contributed by atoms with E-state index >= 15 is 0 Å². The molecule has 1 fully saturated rings. The monoisotopic (exact) mass is 482 g/mol. The fraction of sp³-hybridized carbons (Fsp3) is 0.450. The molecule has 2 aromatic rings. The molecule has 0 aliphatic carbocycles. The standard InChI is InChI=1S/C20H27ClN6O4S/c1-14(26-9-11-27(12-10-26)20-22-8-7-18(24-20)31-4)19(28)23-15-5-6-16(21)17(13-15)32(29,30)25(2)3/h5-8,13-14H,9-12H2,1-4H3,(H,23,28)/t14-/m1/s1. The highest BCUT2D eigenvalue weighted by atomic mass is 35.5. The minimum atomic E-state index is -3.73. The predicted molar refractivity (Wildman–Crippen MR) is 123 cm³/mol. The van der Waals surface area contributed by atoms with E-state index < -0.39 is 16.1 Å². The van der Waals surface area contributed by atoms with E-state index in [4.69, 9.17) is 16.3 Å². The third kappa shape index (κ3) is 5.29. The third-order valence-electron chi connectivity index (χ3n) is 5.31. The topological polar surface area (TPSA) is 108 Å². The number of rotatable bonds is 7. The average Bonchev–Trinajstić information content (AvgIpc) is 2.79. The van der Waals surface area contributed by atoms with Crippen LogP contribution in [0.1, 0.15) is 6.92 Å². The summed E-state index contributed by atoms with van der Waals surface area (Å²) in [7, 11) is 0.680. The van der Waals surface area contributed by atoms with Crippen molar-refractivity contribution >= 4 is 39.2 Å². The number of nitrogens with one attached hydrogen (secondary N) is 1. The van der Waals surface area contributed by atoms with E-state index in [0.29, 0.717) is 43.7 Å². The molecule has 1 aliphatic heterocycles. The molecule has 0 bridgehead atoms. The minimum absolute atomic E-state index is 0.0541. The molecular weight excluding hydrogens is 456 g/mol. The molecule has 3 rings (SSSR count). The van der Waals surface area contributed by atoms with Gasteiger partial charge in [0.1, 0.15) is 4.90 Å². The van der Waals surface area contributed by atoms with Crippen LogP contribution in [0.25, 0.3) is 0 Å². The van der Waals surface area contributed by atoms with Gasteiger partial charge in [0.05, 0.1) is 18.2 Å². The first-order valence-corrected chi connectivity index (χ1v) is 11.8. The molecule has 0 radical (unpaired) electrons. The van der Waals surface area contributed by atoms with Crippen LogP contribution < -0.4 is 15.0 Å². The zero-order valence-electron chi connectivity index (χ0n) is 18.4. The predicted octanol–water partition coefficient (Wildman–Crippen LogP) is 1.54. The van der Waals surface area contributed by atoms with E-state index in [0.717, 1.165) is 4.31 Å². The second-order valence-electron chi connectivity index (χ2n) is 7.52. The van der Waals surface area contributed by atoms with Crippen molar-refractivity contribution in [2.45, 2.75) is 17.9 Å². The lowest BCUT2D eigenvalue weighted by Gasteiger charge is -2.37. The van der Waals surface area contributed by atoms with Gasteiger partial charge in [0, 0.05) is 58.2 Å². The molecule has 0 spiro atoms. The summed E-state index contributed by atoms with van der Waals surface area (Å²) in [6, 6.07) is 5.71. The van der Waals surface area contributed by atoms with Crippen molar-refractivity contribution < 1.29 is 17.9 Å². The Bertz CT molecular complexity index is 1070. The van der Waals surface area contributed by atoms with Crippen molar-refractivity contribution in [3.8, 4) is 5.88 Å². The molecule has 0 saturated carbocycles. The fourth-order valence-electron chi connectivity index (χ4n) is 3.30. The first kappa shape index (κ1) is 24.2. The van der Waals surface area contributed by atoms with Gasteiger partial charge in [0.25, 0.3) is 0 Å². The lowest BCUT2D eigenvalue weighted by molar-refractivity contribution is -0.120. The summed E-state index contributed by atoms with van der Waals surface area (Å²) in [4.78, 5) is 25.5. The van der Waals surface area contributed by atoms with Crippen LogP contribution in [0.2, 0.25) is 5.02 Å². The number of sulfonamides is 1. The number of hydrogen-bond donors (Lipinski definition) is 1. The van der Waals surface area contributed by atoms with Gasteiger partial charge in [-0.25, -0.2) is 17.7 Å². The van der Waals surface area contributed by atoms with Gasteiger partial charge in [-0.1, -0.05) is 11.6 Å². The highest BCUT2D eigenvalue weighted by molar-refractivity contribution is 7.89. The first-order valence-electron chi connectivity index (χ1n) is 10.0. The fourth-order valence-corrected chi connectivity index (χ4v) is 4.69. The molecule has 1 aliphatic rings.